The largest absolute Gasteiger partial charge is 0.392 e. The van der Waals surface area contributed by atoms with Crippen molar-refractivity contribution in [3.05, 3.63) is 0 Å². The quantitative estimate of drug-likeness (QED) is 0.514. The topological polar surface area (TPSA) is 58.3 Å². The van der Waals surface area contributed by atoms with E-state index < -0.39 is 0 Å². The van der Waals surface area contributed by atoms with Crippen LogP contribution in [-0.4, -0.2) is 30.3 Å². The van der Waals surface area contributed by atoms with E-state index >= 15 is 0 Å². The Labute approximate surface area is 68.0 Å². The standard InChI is InChI=1S/C8H18N2O/c1-6(4-9)10-5-8(11)7-2-3-7/h6-8,10-11H,2-5,9H2,1H3. The molecule has 0 amide bonds. The van der Waals surface area contributed by atoms with E-state index in [-0.39, 0.29) is 6.10 Å². The second-order valence-electron chi connectivity index (χ2n) is 3.45. The van der Waals surface area contributed by atoms with E-state index in [9.17, 15) is 5.11 Å². The van der Waals surface area contributed by atoms with Crippen LogP contribution in [-0.2, 0) is 0 Å². The van der Waals surface area contributed by atoms with E-state index in [0.717, 1.165) is 0 Å². The van der Waals surface area contributed by atoms with Crippen LogP contribution in [0.1, 0.15) is 19.8 Å². The molecule has 1 aliphatic rings. The number of nitrogens with one attached hydrogen (secondary N) is 1. The minimum absolute atomic E-state index is 0.149. The maximum atomic E-state index is 9.43. The lowest BCUT2D eigenvalue weighted by molar-refractivity contribution is 0.145. The van der Waals surface area contributed by atoms with Gasteiger partial charge in [0.15, 0.2) is 0 Å². The Balaban J connectivity index is 2.00. The predicted molar refractivity (Wildman–Crippen MR) is 45.2 cm³/mol. The van der Waals surface area contributed by atoms with Gasteiger partial charge in [0.2, 0.25) is 0 Å². The molecule has 66 valence electrons. The zero-order valence-electron chi connectivity index (χ0n) is 7.09. The average molecular weight is 158 g/mol. The number of aliphatic hydroxyl groups excluding tert-OH is 1. The van der Waals surface area contributed by atoms with Crippen LogP contribution in [0.5, 0.6) is 0 Å². The molecule has 0 spiro atoms. The molecular weight excluding hydrogens is 140 g/mol. The van der Waals surface area contributed by atoms with Crippen molar-refractivity contribution >= 4 is 0 Å². The minimum atomic E-state index is -0.149. The molecule has 0 aliphatic heterocycles. The van der Waals surface area contributed by atoms with Crippen molar-refractivity contribution in [1.29, 1.82) is 0 Å². The molecule has 0 aromatic carbocycles. The summed E-state index contributed by atoms with van der Waals surface area (Å²) >= 11 is 0. The molecule has 0 saturated heterocycles. The molecule has 0 aromatic rings. The maximum absolute atomic E-state index is 9.43. The molecule has 1 rings (SSSR count). The Hall–Kier alpha value is -0.120. The first kappa shape index (κ1) is 8.97. The molecule has 3 nitrogen and oxygen atoms in total. The molecule has 0 radical (unpaired) electrons. The first-order valence-corrected chi connectivity index (χ1v) is 4.35. The Kier molecular flexibility index (Phi) is 3.30. The predicted octanol–water partition coefficient (Wildman–Crippen LogP) is -0.306. The number of rotatable bonds is 5. The van der Waals surface area contributed by atoms with Gasteiger partial charge in [-0.1, -0.05) is 0 Å². The second-order valence-corrected chi connectivity index (χ2v) is 3.45. The average Bonchev–Trinajstić information content (AvgIpc) is 2.81. The van der Waals surface area contributed by atoms with Crippen molar-refractivity contribution in [2.24, 2.45) is 11.7 Å². The van der Waals surface area contributed by atoms with Crippen molar-refractivity contribution in [3.63, 3.8) is 0 Å². The summed E-state index contributed by atoms with van der Waals surface area (Å²) in [4.78, 5) is 0. The highest BCUT2D eigenvalue weighted by molar-refractivity contribution is 4.82. The van der Waals surface area contributed by atoms with Gasteiger partial charge in [-0.15, -0.1) is 0 Å². The number of aliphatic hydroxyl groups is 1. The fourth-order valence-electron chi connectivity index (χ4n) is 1.05. The van der Waals surface area contributed by atoms with Crippen LogP contribution in [0.2, 0.25) is 0 Å². The van der Waals surface area contributed by atoms with Crippen LogP contribution < -0.4 is 11.1 Å². The summed E-state index contributed by atoms with van der Waals surface area (Å²) in [5.41, 5.74) is 5.41. The second kappa shape index (κ2) is 4.04. The first-order valence-electron chi connectivity index (χ1n) is 4.35. The number of hydrogen-bond acceptors (Lipinski definition) is 3. The fourth-order valence-corrected chi connectivity index (χ4v) is 1.05. The molecule has 2 atom stereocenters. The Bertz CT molecular complexity index is 115. The highest BCUT2D eigenvalue weighted by Gasteiger charge is 2.29. The third-order valence-corrected chi connectivity index (χ3v) is 2.20. The van der Waals surface area contributed by atoms with Gasteiger partial charge in [-0.2, -0.15) is 0 Å². The molecule has 4 N–H and O–H groups in total. The monoisotopic (exact) mass is 158 g/mol. The highest BCUT2D eigenvalue weighted by Crippen LogP contribution is 2.32. The van der Waals surface area contributed by atoms with Gasteiger partial charge in [0.05, 0.1) is 6.10 Å². The molecule has 0 bridgehead atoms. The van der Waals surface area contributed by atoms with Gasteiger partial charge in [-0.05, 0) is 25.7 Å². The fraction of sp³-hybridized carbons (Fsp3) is 1.00. The van der Waals surface area contributed by atoms with Crippen molar-refractivity contribution < 1.29 is 5.11 Å². The lowest BCUT2D eigenvalue weighted by atomic mass is 10.2. The van der Waals surface area contributed by atoms with E-state index in [2.05, 4.69) is 5.32 Å². The molecule has 2 unspecified atom stereocenters. The Morgan fingerprint density at radius 3 is 2.73 bits per heavy atom. The van der Waals surface area contributed by atoms with E-state index in [0.29, 0.717) is 25.0 Å². The normalized spacial score (nSPS) is 23.2. The van der Waals surface area contributed by atoms with Gasteiger partial charge < -0.3 is 16.2 Å². The van der Waals surface area contributed by atoms with Crippen LogP contribution in [0.15, 0.2) is 0 Å². The smallest absolute Gasteiger partial charge is 0.0692 e. The van der Waals surface area contributed by atoms with Crippen LogP contribution in [0, 0.1) is 5.92 Å². The molecule has 1 aliphatic carbocycles. The molecule has 1 fully saturated rings. The van der Waals surface area contributed by atoms with Gasteiger partial charge in [0.25, 0.3) is 0 Å². The third kappa shape index (κ3) is 3.18. The molecule has 1 saturated carbocycles. The molecule has 0 heterocycles. The number of nitrogens with two attached hydrogens (primary N) is 1. The maximum Gasteiger partial charge on any atom is 0.0692 e. The van der Waals surface area contributed by atoms with E-state index in [4.69, 9.17) is 5.73 Å². The SMILES string of the molecule is CC(CN)NCC(O)C1CC1. The first-order chi connectivity index (χ1) is 5.24. The summed E-state index contributed by atoms with van der Waals surface area (Å²) in [6, 6.07) is 0.323. The summed E-state index contributed by atoms with van der Waals surface area (Å²) in [5.74, 6) is 0.562. The summed E-state index contributed by atoms with van der Waals surface area (Å²) in [5, 5.41) is 12.6. The lowest BCUT2D eigenvalue weighted by Crippen LogP contribution is -2.38. The molecule has 3 heteroatoms. The summed E-state index contributed by atoms with van der Waals surface area (Å²) in [6.07, 6.45) is 2.24. The van der Waals surface area contributed by atoms with Gasteiger partial charge in [-0.25, -0.2) is 0 Å². The van der Waals surface area contributed by atoms with Crippen LogP contribution in [0.3, 0.4) is 0 Å². The molecule has 11 heavy (non-hydrogen) atoms. The summed E-state index contributed by atoms with van der Waals surface area (Å²) < 4.78 is 0. The zero-order chi connectivity index (χ0) is 8.27. The van der Waals surface area contributed by atoms with Gasteiger partial charge in [0.1, 0.15) is 0 Å². The van der Waals surface area contributed by atoms with Crippen molar-refractivity contribution in [1.82, 2.24) is 5.32 Å². The lowest BCUT2D eigenvalue weighted by Gasteiger charge is -2.14. The summed E-state index contributed by atoms with van der Waals surface area (Å²) in [6.45, 7) is 3.36. The highest BCUT2D eigenvalue weighted by atomic mass is 16.3. The van der Waals surface area contributed by atoms with E-state index in [1.807, 2.05) is 6.92 Å². The molecular formula is C8H18N2O. The number of hydrogen-bond donors (Lipinski definition) is 3. The Morgan fingerprint density at radius 2 is 2.27 bits per heavy atom. The van der Waals surface area contributed by atoms with Gasteiger partial charge in [-0.3, -0.25) is 0 Å². The van der Waals surface area contributed by atoms with Crippen LogP contribution >= 0.6 is 0 Å². The van der Waals surface area contributed by atoms with E-state index in [1.54, 1.807) is 0 Å². The van der Waals surface area contributed by atoms with Gasteiger partial charge in [0, 0.05) is 19.1 Å². The third-order valence-electron chi connectivity index (χ3n) is 2.20. The molecule has 0 aromatic heterocycles. The minimum Gasteiger partial charge on any atom is -0.392 e. The van der Waals surface area contributed by atoms with Crippen LogP contribution in [0.4, 0.5) is 0 Å². The van der Waals surface area contributed by atoms with Crippen molar-refractivity contribution in [3.8, 4) is 0 Å². The van der Waals surface area contributed by atoms with Gasteiger partial charge >= 0.3 is 0 Å². The zero-order valence-corrected chi connectivity index (χ0v) is 7.09. The summed E-state index contributed by atoms with van der Waals surface area (Å²) in [7, 11) is 0. The van der Waals surface area contributed by atoms with Crippen molar-refractivity contribution in [2.45, 2.75) is 31.9 Å². The Morgan fingerprint density at radius 1 is 1.64 bits per heavy atom. The van der Waals surface area contributed by atoms with E-state index in [1.165, 1.54) is 12.8 Å². The van der Waals surface area contributed by atoms with Crippen molar-refractivity contribution in [2.75, 3.05) is 13.1 Å². The van der Waals surface area contributed by atoms with Crippen LogP contribution in [0.25, 0.3) is 0 Å².